The fourth-order valence-electron chi connectivity index (χ4n) is 5.59. The van der Waals surface area contributed by atoms with Crippen molar-refractivity contribution in [3.8, 4) is 11.5 Å². The summed E-state index contributed by atoms with van der Waals surface area (Å²) in [4.78, 5) is 9.66. The SMILES string of the molecule is CC.CC.c1ccc2c(Nc3ccc(Oc4ccc(Nc5c6ccccc6nc6ccccc56)cc4)cc3)c3ccccc3nc2c1. The minimum Gasteiger partial charge on any atom is -0.457 e. The number of nitrogens with one attached hydrogen (secondary N) is 2. The first-order chi connectivity index (χ1) is 23.3. The maximum absolute atomic E-state index is 6.19. The van der Waals surface area contributed by atoms with Gasteiger partial charge in [-0.2, -0.15) is 0 Å². The van der Waals surface area contributed by atoms with Crippen LogP contribution in [0.1, 0.15) is 27.7 Å². The van der Waals surface area contributed by atoms with Gasteiger partial charge in [0.25, 0.3) is 0 Å². The van der Waals surface area contributed by atoms with E-state index in [4.69, 9.17) is 14.7 Å². The number of hydrogen-bond donors (Lipinski definition) is 2. The first-order valence-electron chi connectivity index (χ1n) is 16.3. The standard InChI is InChI=1S/C38H26N4O.2C2H6/c1-5-13-33-29(9-1)37(30-10-2-6-14-34(30)41-33)39-25-17-21-27(22-18-25)43-28-23-19-26(20-24-28)40-38-31-11-3-7-15-35(31)42-36-16-8-4-12-32(36)38;2*1-2/h1-24H,(H,39,41)(H,40,42);2*1-2H3. The fourth-order valence-corrected chi connectivity index (χ4v) is 5.59. The summed E-state index contributed by atoms with van der Waals surface area (Å²) in [6.45, 7) is 8.00. The van der Waals surface area contributed by atoms with Crippen molar-refractivity contribution in [1.82, 2.24) is 9.97 Å². The third kappa shape index (κ3) is 6.56. The van der Waals surface area contributed by atoms with Crippen molar-refractivity contribution in [2.24, 2.45) is 0 Å². The number of para-hydroxylation sites is 4. The molecule has 0 spiro atoms. The molecule has 0 aliphatic rings. The molecule has 2 aromatic heterocycles. The van der Waals surface area contributed by atoms with Gasteiger partial charge in [-0.3, -0.25) is 0 Å². The maximum Gasteiger partial charge on any atom is 0.127 e. The molecule has 232 valence electrons. The Morgan fingerprint density at radius 2 is 0.638 bits per heavy atom. The molecule has 6 aromatic carbocycles. The monoisotopic (exact) mass is 614 g/mol. The molecule has 2 heterocycles. The van der Waals surface area contributed by atoms with Gasteiger partial charge in [-0.05, 0) is 72.8 Å². The first-order valence-corrected chi connectivity index (χ1v) is 16.3. The molecule has 0 bridgehead atoms. The summed E-state index contributed by atoms with van der Waals surface area (Å²) in [5, 5.41) is 11.6. The van der Waals surface area contributed by atoms with E-state index >= 15 is 0 Å². The average Bonchev–Trinajstić information content (AvgIpc) is 3.14. The van der Waals surface area contributed by atoms with Gasteiger partial charge >= 0.3 is 0 Å². The first kappa shape index (κ1) is 31.1. The van der Waals surface area contributed by atoms with Gasteiger partial charge < -0.3 is 15.4 Å². The molecule has 0 amide bonds. The second-order valence-electron chi connectivity index (χ2n) is 10.4. The second kappa shape index (κ2) is 14.4. The zero-order chi connectivity index (χ0) is 32.6. The van der Waals surface area contributed by atoms with Gasteiger partial charge in [-0.25, -0.2) is 9.97 Å². The minimum atomic E-state index is 0.766. The Kier molecular flexibility index (Phi) is 9.54. The maximum atomic E-state index is 6.19. The smallest absolute Gasteiger partial charge is 0.127 e. The largest absolute Gasteiger partial charge is 0.457 e. The second-order valence-corrected chi connectivity index (χ2v) is 10.4. The van der Waals surface area contributed by atoms with E-state index in [1.807, 2.05) is 149 Å². The van der Waals surface area contributed by atoms with Crippen LogP contribution in [0.3, 0.4) is 0 Å². The molecule has 0 radical (unpaired) electrons. The highest BCUT2D eigenvalue weighted by Crippen LogP contribution is 2.35. The highest BCUT2D eigenvalue weighted by molar-refractivity contribution is 6.09. The lowest BCUT2D eigenvalue weighted by atomic mass is 10.1. The van der Waals surface area contributed by atoms with E-state index in [1.54, 1.807) is 0 Å². The van der Waals surface area contributed by atoms with Crippen LogP contribution in [0.2, 0.25) is 0 Å². The highest BCUT2D eigenvalue weighted by Gasteiger charge is 2.11. The van der Waals surface area contributed by atoms with Gasteiger partial charge in [0.1, 0.15) is 11.5 Å². The summed E-state index contributed by atoms with van der Waals surface area (Å²) in [5.74, 6) is 1.53. The van der Waals surface area contributed by atoms with Crippen LogP contribution in [-0.2, 0) is 0 Å². The van der Waals surface area contributed by atoms with Crippen LogP contribution in [0.15, 0.2) is 146 Å². The van der Waals surface area contributed by atoms with Crippen LogP contribution >= 0.6 is 0 Å². The van der Waals surface area contributed by atoms with Crippen molar-refractivity contribution in [1.29, 1.82) is 0 Å². The quantitative estimate of drug-likeness (QED) is 0.182. The number of ether oxygens (including phenoxy) is 1. The number of rotatable bonds is 6. The molecule has 47 heavy (non-hydrogen) atoms. The number of hydrogen-bond acceptors (Lipinski definition) is 5. The van der Waals surface area contributed by atoms with Gasteiger partial charge in [0.15, 0.2) is 0 Å². The van der Waals surface area contributed by atoms with Crippen LogP contribution in [0.25, 0.3) is 43.6 Å². The number of nitrogens with zero attached hydrogens (tertiary/aromatic N) is 2. The van der Waals surface area contributed by atoms with E-state index < -0.39 is 0 Å². The van der Waals surface area contributed by atoms with Crippen LogP contribution in [0.4, 0.5) is 22.7 Å². The number of pyridine rings is 2. The summed E-state index contributed by atoms with van der Waals surface area (Å²) in [6.07, 6.45) is 0. The summed E-state index contributed by atoms with van der Waals surface area (Å²) in [7, 11) is 0. The van der Waals surface area contributed by atoms with E-state index in [0.29, 0.717) is 0 Å². The average molecular weight is 615 g/mol. The molecule has 8 rings (SSSR count). The molecule has 0 fully saturated rings. The molecule has 0 saturated heterocycles. The molecule has 0 unspecified atom stereocenters. The van der Waals surface area contributed by atoms with E-state index in [2.05, 4.69) is 34.9 Å². The Bertz CT molecular complexity index is 1990. The van der Waals surface area contributed by atoms with Crippen molar-refractivity contribution in [3.63, 3.8) is 0 Å². The van der Waals surface area contributed by atoms with E-state index in [9.17, 15) is 0 Å². The predicted molar refractivity (Wildman–Crippen MR) is 201 cm³/mol. The predicted octanol–water partition coefficient (Wildman–Crippen LogP) is 12.4. The van der Waals surface area contributed by atoms with Gasteiger partial charge in [0.05, 0.1) is 33.4 Å². The van der Waals surface area contributed by atoms with E-state index in [0.717, 1.165) is 77.9 Å². The molecule has 2 N–H and O–H groups in total. The number of benzene rings is 6. The molecular formula is C42H38N4O. The van der Waals surface area contributed by atoms with Crippen molar-refractivity contribution in [2.45, 2.75) is 27.7 Å². The van der Waals surface area contributed by atoms with Crippen molar-refractivity contribution < 1.29 is 4.74 Å². The Labute approximate surface area is 275 Å². The zero-order valence-electron chi connectivity index (χ0n) is 27.2. The van der Waals surface area contributed by atoms with Gasteiger partial charge in [-0.15, -0.1) is 0 Å². The summed E-state index contributed by atoms with van der Waals surface area (Å²) in [5.41, 5.74) is 7.91. The summed E-state index contributed by atoms with van der Waals surface area (Å²) >= 11 is 0. The third-order valence-electron chi connectivity index (χ3n) is 7.66. The Morgan fingerprint density at radius 3 is 0.936 bits per heavy atom. The van der Waals surface area contributed by atoms with Crippen LogP contribution < -0.4 is 15.4 Å². The third-order valence-corrected chi connectivity index (χ3v) is 7.66. The molecule has 0 aliphatic heterocycles. The van der Waals surface area contributed by atoms with Crippen molar-refractivity contribution in [2.75, 3.05) is 10.6 Å². The number of anilines is 4. The Hall–Kier alpha value is -5.94. The summed E-state index contributed by atoms with van der Waals surface area (Å²) in [6, 6.07) is 48.9. The Balaban J connectivity index is 0.000000932. The summed E-state index contributed by atoms with van der Waals surface area (Å²) < 4.78 is 6.19. The number of fused-ring (bicyclic) bond motifs is 4. The van der Waals surface area contributed by atoms with Gasteiger partial charge in [0, 0.05) is 32.9 Å². The topological polar surface area (TPSA) is 59.1 Å². The van der Waals surface area contributed by atoms with Crippen LogP contribution in [-0.4, -0.2) is 9.97 Å². The molecule has 8 aromatic rings. The zero-order valence-corrected chi connectivity index (χ0v) is 27.2. The van der Waals surface area contributed by atoms with E-state index in [1.165, 1.54) is 0 Å². The van der Waals surface area contributed by atoms with Crippen LogP contribution in [0, 0.1) is 0 Å². The van der Waals surface area contributed by atoms with Crippen molar-refractivity contribution in [3.05, 3.63) is 146 Å². The van der Waals surface area contributed by atoms with E-state index in [-0.39, 0.29) is 0 Å². The Morgan fingerprint density at radius 1 is 0.362 bits per heavy atom. The van der Waals surface area contributed by atoms with Gasteiger partial charge in [-0.1, -0.05) is 100 Å². The van der Waals surface area contributed by atoms with Gasteiger partial charge in [0.2, 0.25) is 0 Å². The molecule has 0 saturated carbocycles. The molecule has 0 aliphatic carbocycles. The van der Waals surface area contributed by atoms with Crippen molar-refractivity contribution >= 4 is 66.4 Å². The highest BCUT2D eigenvalue weighted by atomic mass is 16.5. The number of aromatic nitrogens is 2. The molecular weight excluding hydrogens is 576 g/mol. The fraction of sp³-hybridized carbons (Fsp3) is 0.0952. The lowest BCUT2D eigenvalue weighted by Gasteiger charge is -2.14. The lowest BCUT2D eigenvalue weighted by Crippen LogP contribution is -1.96. The normalized spacial score (nSPS) is 10.6. The molecule has 5 nitrogen and oxygen atoms in total. The van der Waals surface area contributed by atoms with Crippen LogP contribution in [0.5, 0.6) is 11.5 Å². The molecule has 5 heteroatoms. The molecule has 0 atom stereocenters. The lowest BCUT2D eigenvalue weighted by molar-refractivity contribution is 0.483. The minimum absolute atomic E-state index is 0.766.